The van der Waals surface area contributed by atoms with Crippen LogP contribution >= 0.6 is 23.2 Å². The van der Waals surface area contributed by atoms with Gasteiger partial charge in [0.15, 0.2) is 0 Å². The van der Waals surface area contributed by atoms with Gasteiger partial charge in [0.2, 0.25) is 5.28 Å². The number of anilines is 2. The maximum Gasteiger partial charge on any atom is 0.263 e. The Balaban J connectivity index is 2.48. The van der Waals surface area contributed by atoms with E-state index in [1.165, 1.54) is 12.1 Å². The van der Waals surface area contributed by atoms with Crippen molar-refractivity contribution < 1.29 is 8.42 Å². The molecule has 0 aliphatic heterocycles. The molecular formula is C12H12Cl2N4O2S. The first-order valence-corrected chi connectivity index (χ1v) is 8.02. The average Bonchev–Trinajstić information content (AvgIpc) is 2.31. The van der Waals surface area contributed by atoms with E-state index in [-0.39, 0.29) is 21.2 Å². The smallest absolute Gasteiger partial charge is 0.263 e. The maximum absolute atomic E-state index is 12.4. The van der Waals surface area contributed by atoms with Crippen LogP contribution in [-0.4, -0.2) is 18.4 Å². The number of hydrogen-bond donors (Lipinski definition) is 2. The topological polar surface area (TPSA) is 98.0 Å². The van der Waals surface area contributed by atoms with Crippen LogP contribution in [0.15, 0.2) is 23.1 Å². The van der Waals surface area contributed by atoms with Crippen molar-refractivity contribution in [3.8, 4) is 0 Å². The van der Waals surface area contributed by atoms with E-state index < -0.39 is 10.0 Å². The Bertz CT molecular complexity index is 789. The van der Waals surface area contributed by atoms with Gasteiger partial charge in [0.25, 0.3) is 10.0 Å². The van der Waals surface area contributed by atoms with Gasteiger partial charge in [-0.2, -0.15) is 4.98 Å². The second kappa shape index (κ2) is 5.67. The fourth-order valence-electron chi connectivity index (χ4n) is 1.77. The van der Waals surface area contributed by atoms with Crippen LogP contribution in [0.4, 0.5) is 11.5 Å². The third-order valence-electron chi connectivity index (χ3n) is 2.84. The molecule has 112 valence electrons. The SMILES string of the molecule is Cc1cc(N)cc(S(=O)(=O)Nc2cc(Cl)nc(Cl)n2)c1C. The molecule has 0 saturated heterocycles. The van der Waals surface area contributed by atoms with E-state index in [0.717, 1.165) is 5.56 Å². The van der Waals surface area contributed by atoms with Crippen LogP contribution in [0.25, 0.3) is 0 Å². The molecule has 0 bridgehead atoms. The summed E-state index contributed by atoms with van der Waals surface area (Å²) < 4.78 is 27.2. The van der Waals surface area contributed by atoms with E-state index >= 15 is 0 Å². The van der Waals surface area contributed by atoms with Gasteiger partial charge in [-0.05, 0) is 48.7 Å². The normalized spacial score (nSPS) is 11.4. The second-order valence-electron chi connectivity index (χ2n) is 4.41. The lowest BCUT2D eigenvalue weighted by atomic mass is 10.1. The van der Waals surface area contributed by atoms with Crippen LogP contribution in [0.2, 0.25) is 10.4 Å². The first kappa shape index (κ1) is 15.8. The van der Waals surface area contributed by atoms with Crippen LogP contribution in [0.1, 0.15) is 11.1 Å². The molecule has 0 saturated carbocycles. The van der Waals surface area contributed by atoms with Gasteiger partial charge in [0.05, 0.1) is 4.90 Å². The van der Waals surface area contributed by atoms with Gasteiger partial charge in [-0.25, -0.2) is 13.4 Å². The summed E-state index contributed by atoms with van der Waals surface area (Å²) in [4.78, 5) is 7.49. The lowest BCUT2D eigenvalue weighted by molar-refractivity contribution is 0.600. The Morgan fingerprint density at radius 3 is 2.43 bits per heavy atom. The van der Waals surface area contributed by atoms with Crippen molar-refractivity contribution in [2.24, 2.45) is 0 Å². The monoisotopic (exact) mass is 346 g/mol. The summed E-state index contributed by atoms with van der Waals surface area (Å²) in [5, 5.41) is -0.117. The Morgan fingerprint density at radius 2 is 1.81 bits per heavy atom. The molecule has 0 unspecified atom stereocenters. The molecule has 3 N–H and O–H groups in total. The number of aryl methyl sites for hydroxylation is 1. The minimum Gasteiger partial charge on any atom is -0.399 e. The Morgan fingerprint density at radius 1 is 1.14 bits per heavy atom. The quantitative estimate of drug-likeness (QED) is 0.505. The van der Waals surface area contributed by atoms with Crippen LogP contribution in [-0.2, 0) is 10.0 Å². The lowest BCUT2D eigenvalue weighted by Crippen LogP contribution is -2.16. The zero-order chi connectivity index (χ0) is 15.8. The zero-order valence-electron chi connectivity index (χ0n) is 11.2. The third kappa shape index (κ3) is 3.55. The molecular weight excluding hydrogens is 335 g/mol. The number of aromatic nitrogens is 2. The van der Waals surface area contributed by atoms with Gasteiger partial charge in [-0.1, -0.05) is 11.6 Å². The van der Waals surface area contributed by atoms with Gasteiger partial charge < -0.3 is 5.73 Å². The summed E-state index contributed by atoms with van der Waals surface area (Å²) in [6.07, 6.45) is 0. The van der Waals surface area contributed by atoms with Crippen molar-refractivity contribution in [3.05, 3.63) is 39.8 Å². The molecule has 1 aromatic carbocycles. The van der Waals surface area contributed by atoms with Crippen molar-refractivity contribution in [2.75, 3.05) is 10.5 Å². The third-order valence-corrected chi connectivity index (χ3v) is 4.68. The zero-order valence-corrected chi connectivity index (χ0v) is 13.5. The molecule has 0 aliphatic rings. The Hall–Kier alpha value is -1.57. The largest absolute Gasteiger partial charge is 0.399 e. The first-order valence-electron chi connectivity index (χ1n) is 5.78. The van der Waals surface area contributed by atoms with Gasteiger partial charge in [0, 0.05) is 11.8 Å². The standard InChI is InChI=1S/C12H12Cl2N4O2S/c1-6-3-8(15)4-9(7(6)2)21(19,20)18-11-5-10(13)16-12(14)17-11/h3-5H,15H2,1-2H3,(H,16,17,18). The molecule has 1 aromatic heterocycles. The van der Waals surface area contributed by atoms with E-state index in [2.05, 4.69) is 14.7 Å². The summed E-state index contributed by atoms with van der Waals surface area (Å²) in [7, 11) is -3.86. The van der Waals surface area contributed by atoms with Crippen molar-refractivity contribution in [3.63, 3.8) is 0 Å². The molecule has 0 atom stereocenters. The predicted molar refractivity (Wildman–Crippen MR) is 83.2 cm³/mol. The van der Waals surface area contributed by atoms with E-state index in [9.17, 15) is 8.42 Å². The van der Waals surface area contributed by atoms with Gasteiger partial charge in [0.1, 0.15) is 11.0 Å². The highest BCUT2D eigenvalue weighted by Crippen LogP contribution is 2.25. The summed E-state index contributed by atoms with van der Waals surface area (Å²) in [6.45, 7) is 3.48. The molecule has 9 heteroatoms. The van der Waals surface area contributed by atoms with Gasteiger partial charge in [-0.15, -0.1) is 0 Å². The first-order chi connectivity index (χ1) is 9.69. The molecule has 0 amide bonds. The Labute approximate surface area is 132 Å². The number of nitrogens with zero attached hydrogens (tertiary/aromatic N) is 2. The molecule has 2 aromatic rings. The number of nitrogens with one attached hydrogen (secondary N) is 1. The van der Waals surface area contributed by atoms with Crippen molar-refractivity contribution in [1.29, 1.82) is 0 Å². The van der Waals surface area contributed by atoms with Crippen molar-refractivity contribution >= 4 is 44.7 Å². The number of hydrogen-bond acceptors (Lipinski definition) is 5. The number of benzene rings is 1. The summed E-state index contributed by atoms with van der Waals surface area (Å²) >= 11 is 11.4. The molecule has 0 fully saturated rings. The van der Waals surface area contributed by atoms with E-state index in [1.807, 2.05) is 0 Å². The summed E-state index contributed by atoms with van der Waals surface area (Å²) in [5.74, 6) is -0.0144. The molecule has 0 aliphatic carbocycles. The van der Waals surface area contributed by atoms with Gasteiger partial charge in [-0.3, -0.25) is 4.72 Å². The molecule has 21 heavy (non-hydrogen) atoms. The van der Waals surface area contributed by atoms with Crippen molar-refractivity contribution in [1.82, 2.24) is 9.97 Å². The summed E-state index contributed by atoms with van der Waals surface area (Å²) in [5.41, 5.74) is 7.44. The van der Waals surface area contributed by atoms with Crippen LogP contribution < -0.4 is 10.5 Å². The highest BCUT2D eigenvalue weighted by Gasteiger charge is 2.20. The lowest BCUT2D eigenvalue weighted by Gasteiger charge is -2.12. The number of halogens is 2. The fraction of sp³-hybridized carbons (Fsp3) is 0.167. The second-order valence-corrected chi connectivity index (χ2v) is 6.79. The Kier molecular flexibility index (Phi) is 4.27. The minimum absolute atomic E-state index is 0.0144. The van der Waals surface area contributed by atoms with E-state index in [4.69, 9.17) is 28.9 Å². The molecule has 0 radical (unpaired) electrons. The van der Waals surface area contributed by atoms with Crippen molar-refractivity contribution in [2.45, 2.75) is 18.7 Å². The van der Waals surface area contributed by atoms with Crippen LogP contribution in [0, 0.1) is 13.8 Å². The van der Waals surface area contributed by atoms with Crippen LogP contribution in [0.5, 0.6) is 0 Å². The number of rotatable bonds is 3. The van der Waals surface area contributed by atoms with E-state index in [1.54, 1.807) is 19.9 Å². The molecule has 6 nitrogen and oxygen atoms in total. The van der Waals surface area contributed by atoms with Gasteiger partial charge >= 0.3 is 0 Å². The summed E-state index contributed by atoms with van der Waals surface area (Å²) in [6, 6.07) is 4.35. The van der Waals surface area contributed by atoms with Crippen LogP contribution in [0.3, 0.4) is 0 Å². The molecule has 2 rings (SSSR count). The number of nitrogen functional groups attached to an aromatic ring is 1. The molecule has 0 spiro atoms. The average molecular weight is 347 g/mol. The highest BCUT2D eigenvalue weighted by atomic mass is 35.5. The predicted octanol–water partition coefficient (Wildman–Crippen LogP) is 2.78. The highest BCUT2D eigenvalue weighted by molar-refractivity contribution is 7.92. The number of nitrogens with two attached hydrogens (primary N) is 1. The number of sulfonamides is 1. The van der Waals surface area contributed by atoms with E-state index in [0.29, 0.717) is 11.3 Å². The maximum atomic E-state index is 12.4. The molecule has 1 heterocycles. The minimum atomic E-state index is -3.86. The fourth-order valence-corrected chi connectivity index (χ4v) is 3.52.